The number of hydrogen-bond donors (Lipinski definition) is 1. The number of benzene rings is 1. The third-order valence-corrected chi connectivity index (χ3v) is 6.22. The third kappa shape index (κ3) is 2.69. The van der Waals surface area contributed by atoms with E-state index in [2.05, 4.69) is 26.9 Å². The summed E-state index contributed by atoms with van der Waals surface area (Å²) in [4.78, 5) is 14.1. The maximum atomic E-state index is 11.8. The van der Waals surface area contributed by atoms with Crippen molar-refractivity contribution in [2.75, 3.05) is 26.3 Å². The zero-order chi connectivity index (χ0) is 16.7. The molecular weight excluding hydrogens is 374 g/mol. The first-order valence-corrected chi connectivity index (χ1v) is 9.41. The van der Waals surface area contributed by atoms with Gasteiger partial charge in [0.2, 0.25) is 0 Å². The van der Waals surface area contributed by atoms with Gasteiger partial charge in [-0.3, -0.25) is 9.69 Å². The summed E-state index contributed by atoms with van der Waals surface area (Å²) in [5.74, 6) is 1.23. The molecule has 0 bridgehead atoms. The van der Waals surface area contributed by atoms with Crippen molar-refractivity contribution in [3.8, 4) is 11.5 Å². The molecule has 0 unspecified atom stereocenters. The van der Waals surface area contributed by atoms with E-state index in [0.29, 0.717) is 25.7 Å². The van der Waals surface area contributed by atoms with Gasteiger partial charge in [-0.15, -0.1) is 0 Å². The van der Waals surface area contributed by atoms with Gasteiger partial charge in [-0.1, -0.05) is 6.42 Å². The molecule has 0 amide bonds. The van der Waals surface area contributed by atoms with Crippen LogP contribution in [0.5, 0.6) is 11.5 Å². The van der Waals surface area contributed by atoms with E-state index in [1.54, 1.807) is 0 Å². The number of hydrogen-bond acceptors (Lipinski definition) is 4. The van der Waals surface area contributed by atoms with Gasteiger partial charge in [0, 0.05) is 26.1 Å². The smallest absolute Gasteiger partial charge is 0.311 e. The van der Waals surface area contributed by atoms with Crippen LogP contribution in [0.3, 0.4) is 0 Å². The molecule has 3 aliphatic rings. The molecule has 2 heterocycles. The van der Waals surface area contributed by atoms with Crippen molar-refractivity contribution in [2.45, 2.75) is 32.2 Å². The van der Waals surface area contributed by atoms with Crippen LogP contribution in [0, 0.1) is 11.3 Å². The van der Waals surface area contributed by atoms with Crippen molar-refractivity contribution < 1.29 is 19.4 Å². The fourth-order valence-corrected chi connectivity index (χ4v) is 5.10. The summed E-state index contributed by atoms with van der Waals surface area (Å²) in [5, 5.41) is 9.72. The standard InChI is InChI=1S/C18H22BrNO4/c19-14-7-12(8-15-16(14)24-6-2-5-23-15)9-20-10-13-3-1-4-18(13,11-20)17(21)22/h7-8,13H,1-6,9-11H2,(H,21,22)/t13-,18+/m0/s1. The predicted molar refractivity (Wildman–Crippen MR) is 92.4 cm³/mol. The fraction of sp³-hybridized carbons (Fsp3) is 0.611. The van der Waals surface area contributed by atoms with Crippen molar-refractivity contribution in [1.29, 1.82) is 0 Å². The van der Waals surface area contributed by atoms with Crippen molar-refractivity contribution in [1.82, 2.24) is 4.90 Å². The Morgan fingerprint density at radius 3 is 2.96 bits per heavy atom. The molecule has 130 valence electrons. The van der Waals surface area contributed by atoms with Crippen LogP contribution >= 0.6 is 15.9 Å². The van der Waals surface area contributed by atoms with Crippen LogP contribution in [0.15, 0.2) is 16.6 Å². The first-order chi connectivity index (χ1) is 11.6. The van der Waals surface area contributed by atoms with E-state index < -0.39 is 11.4 Å². The third-order valence-electron chi connectivity index (χ3n) is 5.64. The number of aliphatic carboxylic acids is 1. The SMILES string of the molecule is O=C(O)[C@@]12CCC[C@H]1CN(Cc1cc(Br)c3c(c1)OCCCO3)C2. The van der Waals surface area contributed by atoms with Crippen LogP contribution in [0.2, 0.25) is 0 Å². The van der Waals surface area contributed by atoms with Crippen LogP contribution < -0.4 is 9.47 Å². The van der Waals surface area contributed by atoms with Gasteiger partial charge in [0.05, 0.1) is 23.1 Å². The second kappa shape index (κ2) is 6.23. The molecule has 0 aromatic heterocycles. The minimum Gasteiger partial charge on any atom is -0.490 e. The minimum atomic E-state index is -0.618. The molecule has 2 fully saturated rings. The van der Waals surface area contributed by atoms with E-state index in [1.807, 2.05) is 6.07 Å². The van der Waals surface area contributed by atoms with Crippen molar-refractivity contribution in [3.05, 3.63) is 22.2 Å². The molecule has 2 atom stereocenters. The lowest BCUT2D eigenvalue weighted by Crippen LogP contribution is -2.35. The molecule has 2 aliphatic heterocycles. The summed E-state index contributed by atoms with van der Waals surface area (Å²) in [7, 11) is 0. The highest BCUT2D eigenvalue weighted by atomic mass is 79.9. The maximum absolute atomic E-state index is 11.8. The van der Waals surface area contributed by atoms with Gasteiger partial charge in [-0.05, 0) is 52.4 Å². The molecule has 24 heavy (non-hydrogen) atoms. The summed E-state index contributed by atoms with van der Waals surface area (Å²) in [5.41, 5.74) is 0.606. The van der Waals surface area contributed by atoms with E-state index in [9.17, 15) is 9.90 Å². The highest BCUT2D eigenvalue weighted by Gasteiger charge is 2.54. The minimum absolute atomic E-state index is 0.291. The molecule has 6 heteroatoms. The van der Waals surface area contributed by atoms with Gasteiger partial charge in [-0.25, -0.2) is 0 Å². The normalized spacial score (nSPS) is 29.3. The average Bonchev–Trinajstić information content (AvgIpc) is 2.97. The number of carboxylic acids is 1. The summed E-state index contributed by atoms with van der Waals surface area (Å²) >= 11 is 3.58. The zero-order valence-corrected chi connectivity index (χ0v) is 15.2. The Morgan fingerprint density at radius 1 is 1.33 bits per heavy atom. The number of halogens is 1. The van der Waals surface area contributed by atoms with Crippen molar-refractivity contribution in [3.63, 3.8) is 0 Å². The van der Waals surface area contributed by atoms with E-state index in [4.69, 9.17) is 9.47 Å². The fourth-order valence-electron chi connectivity index (χ4n) is 4.50. The molecule has 1 N–H and O–H groups in total. The summed E-state index contributed by atoms with van der Waals surface area (Å²) in [6, 6.07) is 4.10. The van der Waals surface area contributed by atoms with Crippen LogP contribution in [-0.4, -0.2) is 42.3 Å². The van der Waals surface area contributed by atoms with Gasteiger partial charge in [0.25, 0.3) is 0 Å². The van der Waals surface area contributed by atoms with Crippen molar-refractivity contribution in [2.24, 2.45) is 11.3 Å². The number of rotatable bonds is 3. The Kier molecular flexibility index (Phi) is 4.21. The lowest BCUT2D eigenvalue weighted by molar-refractivity contribution is -0.149. The number of carbonyl (C=O) groups is 1. The molecule has 0 spiro atoms. The van der Waals surface area contributed by atoms with Gasteiger partial charge < -0.3 is 14.6 Å². The molecule has 1 aromatic rings. The second-order valence-electron chi connectivity index (χ2n) is 7.18. The summed E-state index contributed by atoms with van der Waals surface area (Å²) < 4.78 is 12.5. The number of nitrogens with zero attached hydrogens (tertiary/aromatic N) is 1. The predicted octanol–water partition coefficient (Wildman–Crippen LogP) is 3.30. The Morgan fingerprint density at radius 2 is 2.17 bits per heavy atom. The van der Waals surface area contributed by atoms with E-state index in [-0.39, 0.29) is 0 Å². The number of likely N-dealkylation sites (tertiary alicyclic amines) is 1. The van der Waals surface area contributed by atoms with Crippen LogP contribution in [0.25, 0.3) is 0 Å². The number of carboxylic acid groups (broad SMARTS) is 1. The second-order valence-corrected chi connectivity index (χ2v) is 8.03. The van der Waals surface area contributed by atoms with Crippen molar-refractivity contribution >= 4 is 21.9 Å². The highest BCUT2D eigenvalue weighted by Crippen LogP contribution is 2.49. The lowest BCUT2D eigenvalue weighted by Gasteiger charge is -2.23. The van der Waals surface area contributed by atoms with Gasteiger partial charge >= 0.3 is 5.97 Å². The molecular formula is C18H22BrNO4. The Hall–Kier alpha value is -1.27. The largest absolute Gasteiger partial charge is 0.490 e. The lowest BCUT2D eigenvalue weighted by atomic mass is 9.81. The first-order valence-electron chi connectivity index (χ1n) is 8.62. The van der Waals surface area contributed by atoms with Crippen LogP contribution in [0.1, 0.15) is 31.2 Å². The topological polar surface area (TPSA) is 59.0 Å². The first kappa shape index (κ1) is 16.2. The number of ether oxygens (including phenoxy) is 2. The quantitative estimate of drug-likeness (QED) is 0.850. The highest BCUT2D eigenvalue weighted by molar-refractivity contribution is 9.10. The molecule has 1 saturated carbocycles. The zero-order valence-electron chi connectivity index (χ0n) is 13.6. The summed E-state index contributed by atoms with van der Waals surface area (Å²) in [6.45, 7) is 3.61. The van der Waals surface area contributed by atoms with E-state index in [0.717, 1.165) is 60.3 Å². The summed E-state index contributed by atoms with van der Waals surface area (Å²) in [6.07, 6.45) is 3.77. The molecule has 1 aromatic carbocycles. The van der Waals surface area contributed by atoms with Crippen LogP contribution in [0.4, 0.5) is 0 Å². The van der Waals surface area contributed by atoms with Gasteiger partial charge in [0.15, 0.2) is 11.5 Å². The van der Waals surface area contributed by atoms with Crippen LogP contribution in [-0.2, 0) is 11.3 Å². The molecule has 0 radical (unpaired) electrons. The van der Waals surface area contributed by atoms with Gasteiger partial charge in [-0.2, -0.15) is 0 Å². The monoisotopic (exact) mass is 395 g/mol. The number of fused-ring (bicyclic) bond motifs is 2. The molecule has 1 saturated heterocycles. The Balaban J connectivity index is 1.53. The van der Waals surface area contributed by atoms with E-state index in [1.165, 1.54) is 0 Å². The Bertz CT molecular complexity index is 665. The van der Waals surface area contributed by atoms with E-state index >= 15 is 0 Å². The Labute approximate surface area is 150 Å². The molecule has 1 aliphatic carbocycles. The van der Waals surface area contributed by atoms with Gasteiger partial charge in [0.1, 0.15) is 0 Å². The maximum Gasteiger partial charge on any atom is 0.311 e. The molecule has 4 rings (SSSR count). The average molecular weight is 396 g/mol. The molecule has 5 nitrogen and oxygen atoms in total.